The van der Waals surface area contributed by atoms with Crippen molar-refractivity contribution in [3.63, 3.8) is 0 Å². The number of ether oxygens (including phenoxy) is 2. The van der Waals surface area contributed by atoms with Gasteiger partial charge in [0.25, 0.3) is 0 Å². The van der Waals surface area contributed by atoms with Gasteiger partial charge in [-0.1, -0.05) is 142 Å². The summed E-state index contributed by atoms with van der Waals surface area (Å²) < 4.78 is 32.4. The molecule has 0 amide bonds. The Morgan fingerprint density at radius 1 is 0.578 bits per heavy atom. The van der Waals surface area contributed by atoms with Gasteiger partial charge in [-0.15, -0.1) is 0 Å². The highest BCUT2D eigenvalue weighted by Crippen LogP contribution is 2.43. The Bertz CT molecular complexity index is 757. The summed E-state index contributed by atoms with van der Waals surface area (Å²) in [6.45, 7) is 5.42. The minimum atomic E-state index is -4.27. The van der Waals surface area contributed by atoms with Gasteiger partial charge in [-0.05, 0) is 39.0 Å². The summed E-state index contributed by atoms with van der Waals surface area (Å²) >= 11 is 0. The molecule has 45 heavy (non-hydrogen) atoms. The molecule has 2 unspecified atom stereocenters. The smallest absolute Gasteiger partial charge is 0.462 e. The van der Waals surface area contributed by atoms with E-state index in [9.17, 15) is 19.0 Å². The summed E-state index contributed by atoms with van der Waals surface area (Å²) in [7, 11) is -4.27. The van der Waals surface area contributed by atoms with Gasteiger partial charge < -0.3 is 14.4 Å². The fraction of sp³-hybridized carbons (Fsp3) is 0.889. The van der Waals surface area contributed by atoms with Gasteiger partial charge in [0.05, 0.1) is 13.2 Å². The van der Waals surface area contributed by atoms with Gasteiger partial charge >= 0.3 is 19.8 Å². The van der Waals surface area contributed by atoms with E-state index in [1.165, 1.54) is 83.5 Å². The quantitative estimate of drug-likeness (QED) is 0.0314. The highest BCUT2D eigenvalue weighted by Gasteiger charge is 2.25. The standard InChI is InChI=1S/C36H69O8P/c1-4-7-9-11-13-15-17-18-19-21-22-24-26-28-30-35(37)41-32-34(33-43-45(39,40)42-6-3)44-36(38)31-29-27-25-23-20-16-14-12-10-8-5-2/h12,14,34H,4-11,13,15-33H2,1-3H3,(H,39,40)/b14-12-. The number of phosphoric acid groups is 1. The molecule has 9 heteroatoms. The van der Waals surface area contributed by atoms with Crippen LogP contribution in [0.4, 0.5) is 0 Å². The Morgan fingerprint density at radius 3 is 1.53 bits per heavy atom. The van der Waals surface area contributed by atoms with E-state index in [4.69, 9.17) is 18.5 Å². The van der Waals surface area contributed by atoms with Gasteiger partial charge in [0.1, 0.15) is 6.61 Å². The third kappa shape index (κ3) is 32.5. The zero-order chi connectivity index (χ0) is 33.3. The fourth-order valence-electron chi connectivity index (χ4n) is 5.08. The number of allylic oxidation sites excluding steroid dienone is 2. The number of hydrogen-bond donors (Lipinski definition) is 1. The SMILES string of the molecule is CCCC/C=C\CCCCCCCC(=O)OC(COC(=O)CCCCCCCCCCCCCCCC)COP(=O)(O)OCC. The number of phosphoric ester groups is 1. The molecule has 0 aromatic carbocycles. The van der Waals surface area contributed by atoms with Gasteiger partial charge in [0, 0.05) is 12.8 Å². The molecule has 0 radical (unpaired) electrons. The van der Waals surface area contributed by atoms with Crippen LogP contribution in [-0.4, -0.2) is 42.8 Å². The van der Waals surface area contributed by atoms with E-state index < -0.39 is 26.5 Å². The van der Waals surface area contributed by atoms with Crippen molar-refractivity contribution in [1.29, 1.82) is 0 Å². The molecule has 2 atom stereocenters. The Hall–Kier alpha value is -1.21. The summed E-state index contributed by atoms with van der Waals surface area (Å²) in [6.07, 6.45) is 31.2. The average molecular weight is 661 g/mol. The third-order valence-electron chi connectivity index (χ3n) is 7.82. The van der Waals surface area contributed by atoms with Crippen molar-refractivity contribution in [2.45, 2.75) is 187 Å². The lowest BCUT2D eigenvalue weighted by molar-refractivity contribution is -0.161. The first-order valence-corrected chi connectivity index (χ1v) is 20.0. The van der Waals surface area contributed by atoms with E-state index in [0.29, 0.717) is 12.8 Å². The van der Waals surface area contributed by atoms with Crippen LogP contribution in [-0.2, 0) is 32.7 Å². The topological polar surface area (TPSA) is 108 Å². The summed E-state index contributed by atoms with van der Waals surface area (Å²) in [4.78, 5) is 34.5. The Balaban J connectivity index is 4.14. The van der Waals surface area contributed by atoms with Crippen LogP contribution in [0.1, 0.15) is 181 Å². The second kappa shape index (κ2) is 32.7. The van der Waals surface area contributed by atoms with Crippen LogP contribution in [0, 0.1) is 0 Å². The van der Waals surface area contributed by atoms with Gasteiger partial charge in [-0.25, -0.2) is 4.57 Å². The molecule has 0 rings (SSSR count). The molecule has 0 saturated carbocycles. The van der Waals surface area contributed by atoms with Crippen molar-refractivity contribution in [3.05, 3.63) is 12.2 Å². The Morgan fingerprint density at radius 2 is 1.02 bits per heavy atom. The molecule has 0 fully saturated rings. The van der Waals surface area contributed by atoms with E-state index in [2.05, 4.69) is 26.0 Å². The monoisotopic (exact) mass is 660 g/mol. The lowest BCUT2D eigenvalue weighted by Crippen LogP contribution is -2.29. The van der Waals surface area contributed by atoms with Crippen LogP contribution in [0.25, 0.3) is 0 Å². The number of rotatable bonds is 34. The minimum Gasteiger partial charge on any atom is -0.462 e. The lowest BCUT2D eigenvalue weighted by atomic mass is 10.0. The van der Waals surface area contributed by atoms with Crippen molar-refractivity contribution in [1.82, 2.24) is 0 Å². The number of unbranched alkanes of at least 4 members (excludes halogenated alkanes) is 20. The Labute approximate surface area is 276 Å². The van der Waals surface area contributed by atoms with Crippen LogP contribution < -0.4 is 0 Å². The summed E-state index contributed by atoms with van der Waals surface area (Å²) in [5.41, 5.74) is 0. The molecule has 0 aromatic rings. The van der Waals surface area contributed by atoms with Crippen molar-refractivity contribution in [2.75, 3.05) is 19.8 Å². The highest BCUT2D eigenvalue weighted by molar-refractivity contribution is 7.47. The molecule has 0 aromatic heterocycles. The first-order chi connectivity index (χ1) is 21.8. The van der Waals surface area contributed by atoms with Gasteiger partial charge in [0.2, 0.25) is 0 Å². The van der Waals surface area contributed by atoms with Crippen LogP contribution in [0.15, 0.2) is 12.2 Å². The number of esters is 2. The maximum atomic E-state index is 12.4. The maximum Gasteiger partial charge on any atom is 0.472 e. The molecule has 0 saturated heterocycles. The molecule has 0 aliphatic rings. The normalized spacial score (nSPS) is 13.6. The number of carbonyl (C=O) groups is 2. The second-order valence-corrected chi connectivity index (χ2v) is 13.7. The van der Waals surface area contributed by atoms with Gasteiger partial charge in [-0.2, -0.15) is 0 Å². The lowest BCUT2D eigenvalue weighted by Gasteiger charge is -2.19. The average Bonchev–Trinajstić information content (AvgIpc) is 3.01. The number of carbonyl (C=O) groups excluding carboxylic acids is 2. The Kier molecular flexibility index (Phi) is 31.8. The van der Waals surface area contributed by atoms with Crippen LogP contribution in [0.5, 0.6) is 0 Å². The molecule has 0 spiro atoms. The highest BCUT2D eigenvalue weighted by atomic mass is 31.2. The molecule has 8 nitrogen and oxygen atoms in total. The van der Waals surface area contributed by atoms with Crippen molar-refractivity contribution < 1.29 is 37.6 Å². The zero-order valence-electron chi connectivity index (χ0n) is 29.3. The van der Waals surface area contributed by atoms with Crippen molar-refractivity contribution >= 4 is 19.8 Å². The van der Waals surface area contributed by atoms with Crippen LogP contribution in [0.3, 0.4) is 0 Å². The van der Waals surface area contributed by atoms with Gasteiger partial charge in [0.15, 0.2) is 6.10 Å². The molecule has 1 N–H and O–H groups in total. The molecule has 0 aliphatic carbocycles. The molecule has 0 aliphatic heterocycles. The van der Waals surface area contributed by atoms with E-state index in [-0.39, 0.29) is 25.6 Å². The van der Waals surface area contributed by atoms with Crippen LogP contribution in [0.2, 0.25) is 0 Å². The van der Waals surface area contributed by atoms with E-state index in [1.54, 1.807) is 6.92 Å². The molecular weight excluding hydrogens is 591 g/mol. The predicted octanol–water partition coefficient (Wildman–Crippen LogP) is 10.9. The zero-order valence-corrected chi connectivity index (χ0v) is 30.2. The fourth-order valence-corrected chi connectivity index (χ4v) is 5.84. The van der Waals surface area contributed by atoms with E-state index in [0.717, 1.165) is 57.8 Å². The van der Waals surface area contributed by atoms with E-state index >= 15 is 0 Å². The largest absolute Gasteiger partial charge is 0.472 e. The maximum absolute atomic E-state index is 12.4. The van der Waals surface area contributed by atoms with Gasteiger partial charge in [-0.3, -0.25) is 18.6 Å². The summed E-state index contributed by atoms with van der Waals surface area (Å²) in [6, 6.07) is 0. The van der Waals surface area contributed by atoms with E-state index in [1.807, 2.05) is 0 Å². The van der Waals surface area contributed by atoms with Crippen molar-refractivity contribution in [2.24, 2.45) is 0 Å². The third-order valence-corrected chi connectivity index (χ3v) is 8.88. The summed E-state index contributed by atoms with van der Waals surface area (Å²) in [5.74, 6) is -0.804. The molecular formula is C36H69O8P. The minimum absolute atomic E-state index is 0.00154. The summed E-state index contributed by atoms with van der Waals surface area (Å²) in [5, 5.41) is 0. The first kappa shape index (κ1) is 43.8. The molecule has 0 heterocycles. The second-order valence-electron chi connectivity index (χ2n) is 12.2. The molecule has 266 valence electrons. The molecule has 0 bridgehead atoms. The van der Waals surface area contributed by atoms with Crippen molar-refractivity contribution in [3.8, 4) is 0 Å². The predicted molar refractivity (Wildman–Crippen MR) is 184 cm³/mol. The van der Waals surface area contributed by atoms with Crippen LogP contribution >= 0.6 is 7.82 Å². The first-order valence-electron chi connectivity index (χ1n) is 18.5. The number of hydrogen-bond acceptors (Lipinski definition) is 7.